The molecule has 5 nitrogen and oxygen atoms in total. The number of aliphatic hydroxyl groups is 4. The summed E-state index contributed by atoms with van der Waals surface area (Å²) in [6, 6.07) is 0. The van der Waals surface area contributed by atoms with Gasteiger partial charge in [-0.15, -0.1) is 0 Å². The molecule has 0 saturated heterocycles. The second kappa shape index (κ2) is 13.5. The van der Waals surface area contributed by atoms with Gasteiger partial charge in [0.2, 0.25) is 0 Å². The van der Waals surface area contributed by atoms with E-state index in [0.29, 0.717) is 6.54 Å². The highest BCUT2D eigenvalue weighted by Gasteiger charge is 2.13. The summed E-state index contributed by atoms with van der Waals surface area (Å²) in [5, 5.41) is 36.6. The van der Waals surface area contributed by atoms with Crippen LogP contribution < -0.4 is 0 Å². The average Bonchev–Trinajstić information content (AvgIpc) is 2.45. The summed E-state index contributed by atoms with van der Waals surface area (Å²) in [5.41, 5.74) is 0. The van der Waals surface area contributed by atoms with E-state index < -0.39 is 12.2 Å². The normalized spacial score (nSPS) is 15.1. The molecule has 0 amide bonds. The molecule has 4 N–H and O–H groups in total. The summed E-state index contributed by atoms with van der Waals surface area (Å²) in [4.78, 5) is 1.82. The molecule has 20 heavy (non-hydrogen) atoms. The summed E-state index contributed by atoms with van der Waals surface area (Å²) in [7, 11) is 0. The van der Waals surface area contributed by atoms with Crippen LogP contribution in [0.25, 0.3) is 0 Å². The number of allylic oxidation sites excluding steroid dienone is 1. The molecular weight excluding hydrogens is 258 g/mol. The summed E-state index contributed by atoms with van der Waals surface area (Å²) in [6.45, 7) is 2.76. The first-order valence-corrected chi connectivity index (χ1v) is 7.59. The van der Waals surface area contributed by atoms with Crippen LogP contribution in [0.5, 0.6) is 0 Å². The fourth-order valence-corrected chi connectivity index (χ4v) is 1.97. The molecule has 0 aliphatic rings. The second-order valence-electron chi connectivity index (χ2n) is 5.21. The zero-order valence-electron chi connectivity index (χ0n) is 12.6. The van der Waals surface area contributed by atoms with Crippen molar-refractivity contribution in [2.45, 2.75) is 51.2 Å². The molecule has 2 atom stereocenters. The minimum Gasteiger partial charge on any atom is -0.394 e. The standard InChI is InChI=1S/C15H31NO4/c1-2-3-4-5-6-7-8-9-16(10-14(19)12-17)11-15(20)13-18/h7-8,14-15,17-20H,2-6,9-13H2,1H3/b8-7+. The van der Waals surface area contributed by atoms with Gasteiger partial charge in [-0.05, 0) is 12.8 Å². The maximum absolute atomic E-state index is 9.45. The molecule has 0 spiro atoms. The molecule has 0 saturated carbocycles. The summed E-state index contributed by atoms with van der Waals surface area (Å²) >= 11 is 0. The first-order chi connectivity index (χ1) is 9.63. The largest absolute Gasteiger partial charge is 0.394 e. The number of unbranched alkanes of at least 4 members (excludes halogenated alkanes) is 4. The number of hydrogen-bond acceptors (Lipinski definition) is 5. The minimum absolute atomic E-state index is 0.285. The molecule has 0 aromatic rings. The van der Waals surface area contributed by atoms with Crippen molar-refractivity contribution < 1.29 is 20.4 Å². The summed E-state index contributed by atoms with van der Waals surface area (Å²) in [5.74, 6) is 0. The van der Waals surface area contributed by atoms with E-state index in [4.69, 9.17) is 10.2 Å². The number of hydrogen-bond donors (Lipinski definition) is 4. The quantitative estimate of drug-likeness (QED) is 0.293. The van der Waals surface area contributed by atoms with Gasteiger partial charge in [0, 0.05) is 19.6 Å². The van der Waals surface area contributed by atoms with Crippen molar-refractivity contribution in [3.63, 3.8) is 0 Å². The number of rotatable bonds is 13. The predicted molar refractivity (Wildman–Crippen MR) is 80.5 cm³/mol. The second-order valence-corrected chi connectivity index (χ2v) is 5.21. The van der Waals surface area contributed by atoms with Crippen molar-refractivity contribution >= 4 is 0 Å². The van der Waals surface area contributed by atoms with Gasteiger partial charge < -0.3 is 20.4 Å². The minimum atomic E-state index is -0.821. The summed E-state index contributed by atoms with van der Waals surface area (Å²) < 4.78 is 0. The Kier molecular flexibility index (Phi) is 13.2. The number of aliphatic hydroxyl groups excluding tert-OH is 4. The van der Waals surface area contributed by atoms with Gasteiger partial charge in [0.25, 0.3) is 0 Å². The Morgan fingerprint density at radius 3 is 2.00 bits per heavy atom. The fourth-order valence-electron chi connectivity index (χ4n) is 1.97. The Balaban J connectivity index is 3.97. The maximum atomic E-state index is 9.45. The van der Waals surface area contributed by atoms with Crippen LogP contribution in [0.1, 0.15) is 39.0 Å². The third-order valence-electron chi connectivity index (χ3n) is 3.11. The van der Waals surface area contributed by atoms with Crippen LogP contribution in [-0.2, 0) is 0 Å². The molecule has 0 aromatic carbocycles. The first-order valence-electron chi connectivity index (χ1n) is 7.59. The van der Waals surface area contributed by atoms with E-state index in [-0.39, 0.29) is 26.3 Å². The van der Waals surface area contributed by atoms with Gasteiger partial charge >= 0.3 is 0 Å². The number of nitrogens with zero attached hydrogens (tertiary/aromatic N) is 1. The average molecular weight is 289 g/mol. The van der Waals surface area contributed by atoms with Crippen LogP contribution in [-0.4, -0.2) is 70.4 Å². The maximum Gasteiger partial charge on any atom is 0.0897 e. The van der Waals surface area contributed by atoms with Gasteiger partial charge in [0.15, 0.2) is 0 Å². The Bertz CT molecular complexity index is 224. The highest BCUT2D eigenvalue weighted by atomic mass is 16.3. The van der Waals surface area contributed by atoms with E-state index in [1.54, 1.807) is 0 Å². The van der Waals surface area contributed by atoms with Gasteiger partial charge in [0.05, 0.1) is 25.4 Å². The molecule has 5 heteroatoms. The van der Waals surface area contributed by atoms with Crippen molar-refractivity contribution in [3.05, 3.63) is 12.2 Å². The monoisotopic (exact) mass is 289 g/mol. The molecule has 0 fully saturated rings. The molecule has 0 aliphatic heterocycles. The Labute approximate surface area is 122 Å². The van der Waals surface area contributed by atoms with E-state index in [1.165, 1.54) is 25.7 Å². The lowest BCUT2D eigenvalue weighted by atomic mass is 10.1. The molecule has 0 aromatic heterocycles. The van der Waals surface area contributed by atoms with Gasteiger partial charge in [0.1, 0.15) is 0 Å². The molecule has 0 aliphatic carbocycles. The highest BCUT2D eigenvalue weighted by Crippen LogP contribution is 2.03. The highest BCUT2D eigenvalue weighted by molar-refractivity contribution is 4.86. The van der Waals surface area contributed by atoms with Crippen LogP contribution in [0.15, 0.2) is 12.2 Å². The molecule has 0 heterocycles. The molecule has 120 valence electrons. The van der Waals surface area contributed by atoms with Crippen LogP contribution in [0.2, 0.25) is 0 Å². The van der Waals surface area contributed by atoms with Crippen molar-refractivity contribution in [1.29, 1.82) is 0 Å². The van der Waals surface area contributed by atoms with Crippen molar-refractivity contribution in [2.75, 3.05) is 32.8 Å². The Hall–Kier alpha value is -0.460. The van der Waals surface area contributed by atoms with Gasteiger partial charge in [-0.3, -0.25) is 4.90 Å². The van der Waals surface area contributed by atoms with Crippen LogP contribution in [0.3, 0.4) is 0 Å². The molecule has 0 rings (SSSR count). The lowest BCUT2D eigenvalue weighted by Crippen LogP contribution is -2.40. The van der Waals surface area contributed by atoms with Crippen LogP contribution in [0, 0.1) is 0 Å². The Morgan fingerprint density at radius 2 is 1.50 bits per heavy atom. The van der Waals surface area contributed by atoms with E-state index >= 15 is 0 Å². The van der Waals surface area contributed by atoms with E-state index in [9.17, 15) is 10.2 Å². The smallest absolute Gasteiger partial charge is 0.0897 e. The van der Waals surface area contributed by atoms with Gasteiger partial charge in [-0.1, -0.05) is 38.3 Å². The van der Waals surface area contributed by atoms with Crippen molar-refractivity contribution in [2.24, 2.45) is 0 Å². The third-order valence-corrected chi connectivity index (χ3v) is 3.11. The topological polar surface area (TPSA) is 84.2 Å². The zero-order chi connectivity index (χ0) is 15.2. The summed E-state index contributed by atoms with van der Waals surface area (Å²) in [6.07, 6.45) is 8.46. The third kappa shape index (κ3) is 11.4. The van der Waals surface area contributed by atoms with Crippen LogP contribution >= 0.6 is 0 Å². The molecule has 2 unspecified atom stereocenters. The van der Waals surface area contributed by atoms with E-state index in [1.807, 2.05) is 11.0 Å². The van der Waals surface area contributed by atoms with E-state index in [2.05, 4.69) is 13.0 Å². The fraction of sp³-hybridized carbons (Fsp3) is 0.867. The van der Waals surface area contributed by atoms with Crippen molar-refractivity contribution in [3.8, 4) is 0 Å². The molecule has 0 bridgehead atoms. The Morgan fingerprint density at radius 1 is 0.900 bits per heavy atom. The molecule has 0 radical (unpaired) electrons. The van der Waals surface area contributed by atoms with Crippen LogP contribution in [0.4, 0.5) is 0 Å². The van der Waals surface area contributed by atoms with Gasteiger partial charge in [-0.2, -0.15) is 0 Å². The first kappa shape index (κ1) is 19.5. The molecular formula is C15H31NO4. The SMILES string of the molecule is CCCCCC/C=C/CN(CC(O)CO)CC(O)CO. The zero-order valence-corrected chi connectivity index (χ0v) is 12.6. The van der Waals surface area contributed by atoms with Crippen molar-refractivity contribution in [1.82, 2.24) is 4.90 Å². The van der Waals surface area contributed by atoms with E-state index in [0.717, 1.165) is 6.42 Å². The predicted octanol–water partition coefficient (Wildman–Crippen LogP) is 0.521. The van der Waals surface area contributed by atoms with Gasteiger partial charge in [-0.25, -0.2) is 0 Å². The lowest BCUT2D eigenvalue weighted by Gasteiger charge is -2.24. The lowest BCUT2D eigenvalue weighted by molar-refractivity contribution is 0.0275.